The van der Waals surface area contributed by atoms with Crippen molar-refractivity contribution in [3.63, 3.8) is 0 Å². The summed E-state index contributed by atoms with van der Waals surface area (Å²) in [5.74, 6) is 0.240. The van der Waals surface area contributed by atoms with Crippen molar-refractivity contribution in [2.45, 2.75) is 47.0 Å². The Morgan fingerprint density at radius 2 is 1.93 bits per heavy atom. The summed E-state index contributed by atoms with van der Waals surface area (Å²) in [6.45, 7) is 11.7. The summed E-state index contributed by atoms with van der Waals surface area (Å²) < 4.78 is 0. The zero-order chi connectivity index (χ0) is 11.2. The molecule has 1 nitrogen and oxygen atoms in total. The average Bonchev–Trinajstić information content (AvgIpc) is 2.02. The minimum atomic E-state index is -0.0300. The lowest BCUT2D eigenvalue weighted by Gasteiger charge is -2.23. The van der Waals surface area contributed by atoms with Gasteiger partial charge in [-0.2, -0.15) is 0 Å². The topological polar surface area (TPSA) is 17.1 Å². The third kappa shape index (κ3) is 5.74. The van der Waals surface area contributed by atoms with E-state index in [-0.39, 0.29) is 11.2 Å². The van der Waals surface area contributed by atoms with Crippen molar-refractivity contribution in [3.8, 4) is 0 Å². The molecule has 14 heavy (non-hydrogen) atoms. The minimum Gasteiger partial charge on any atom is -0.300 e. The van der Waals surface area contributed by atoms with Gasteiger partial charge < -0.3 is 0 Å². The Morgan fingerprint density at radius 3 is 2.29 bits per heavy atom. The second-order valence-electron chi connectivity index (χ2n) is 4.56. The van der Waals surface area contributed by atoms with Gasteiger partial charge in [-0.25, -0.2) is 0 Å². The van der Waals surface area contributed by atoms with Gasteiger partial charge >= 0.3 is 0 Å². The maximum atomic E-state index is 11.1. The highest BCUT2D eigenvalue weighted by Gasteiger charge is 2.20. The molecule has 1 unspecified atom stereocenters. The Labute approximate surface area is 87.9 Å². The van der Waals surface area contributed by atoms with Crippen LogP contribution >= 0.6 is 0 Å². The number of ketones is 1. The van der Waals surface area contributed by atoms with Crippen LogP contribution in [0.4, 0.5) is 0 Å². The van der Waals surface area contributed by atoms with Gasteiger partial charge in [-0.15, -0.1) is 6.58 Å². The molecule has 0 aliphatic rings. The molecular weight excluding hydrogens is 172 g/mol. The molecular formula is C13H22O. The van der Waals surface area contributed by atoms with Crippen molar-refractivity contribution < 1.29 is 4.79 Å². The van der Waals surface area contributed by atoms with E-state index in [1.165, 1.54) is 5.57 Å². The molecule has 0 aromatic rings. The van der Waals surface area contributed by atoms with Crippen LogP contribution in [0, 0.1) is 5.41 Å². The van der Waals surface area contributed by atoms with E-state index in [0.29, 0.717) is 6.42 Å². The average molecular weight is 194 g/mol. The molecule has 0 aliphatic heterocycles. The molecule has 80 valence electrons. The molecule has 0 radical (unpaired) electrons. The van der Waals surface area contributed by atoms with E-state index in [1.807, 2.05) is 6.08 Å². The molecule has 0 N–H and O–H groups in total. The summed E-state index contributed by atoms with van der Waals surface area (Å²) in [7, 11) is 0. The molecule has 0 aromatic carbocycles. The summed E-state index contributed by atoms with van der Waals surface area (Å²) in [6, 6.07) is 0. The highest BCUT2D eigenvalue weighted by Crippen LogP contribution is 2.29. The first-order valence-electron chi connectivity index (χ1n) is 5.16. The van der Waals surface area contributed by atoms with Crippen molar-refractivity contribution in [1.29, 1.82) is 0 Å². The van der Waals surface area contributed by atoms with E-state index in [0.717, 1.165) is 12.8 Å². The lowest BCUT2D eigenvalue weighted by molar-refractivity contribution is -0.118. The fraction of sp³-hybridized carbons (Fsp3) is 0.615. The number of carbonyl (C=O) groups excluding carboxylic acids is 1. The Balaban J connectivity index is 4.19. The lowest BCUT2D eigenvalue weighted by atomic mass is 9.81. The molecule has 1 heteroatoms. The van der Waals surface area contributed by atoms with Gasteiger partial charge in [0.2, 0.25) is 0 Å². The second-order valence-corrected chi connectivity index (χ2v) is 4.56. The quantitative estimate of drug-likeness (QED) is 0.586. The van der Waals surface area contributed by atoms with E-state index in [2.05, 4.69) is 33.4 Å². The fourth-order valence-electron chi connectivity index (χ4n) is 1.52. The number of hydrogen-bond donors (Lipinski definition) is 0. The molecule has 0 heterocycles. The molecule has 0 fully saturated rings. The molecule has 0 rings (SSSR count). The predicted octanol–water partition coefficient (Wildman–Crippen LogP) is 3.90. The summed E-state index contributed by atoms with van der Waals surface area (Å²) >= 11 is 0. The van der Waals surface area contributed by atoms with Gasteiger partial charge in [0, 0.05) is 6.42 Å². The van der Waals surface area contributed by atoms with Crippen LogP contribution in [0.1, 0.15) is 47.0 Å². The van der Waals surface area contributed by atoms with Crippen molar-refractivity contribution in [2.75, 3.05) is 0 Å². The fourth-order valence-corrected chi connectivity index (χ4v) is 1.52. The number of hydrogen-bond acceptors (Lipinski definition) is 1. The van der Waals surface area contributed by atoms with Crippen LogP contribution in [0.3, 0.4) is 0 Å². The van der Waals surface area contributed by atoms with Crippen LogP contribution < -0.4 is 0 Å². The molecule has 0 saturated carbocycles. The first-order valence-corrected chi connectivity index (χ1v) is 5.16. The van der Waals surface area contributed by atoms with Gasteiger partial charge in [0.1, 0.15) is 5.78 Å². The number of allylic oxidation sites excluding steroid dienone is 3. The van der Waals surface area contributed by atoms with Gasteiger partial charge in [-0.1, -0.05) is 24.6 Å². The van der Waals surface area contributed by atoms with Gasteiger partial charge in [0.25, 0.3) is 0 Å². The van der Waals surface area contributed by atoms with Gasteiger partial charge in [-0.3, -0.25) is 4.79 Å². The number of rotatable bonds is 6. The van der Waals surface area contributed by atoms with Crippen LogP contribution in [0.25, 0.3) is 0 Å². The summed E-state index contributed by atoms with van der Waals surface area (Å²) in [5.41, 5.74) is 1.30. The largest absolute Gasteiger partial charge is 0.300 e. The van der Waals surface area contributed by atoms with Crippen LogP contribution in [0.15, 0.2) is 24.3 Å². The molecule has 0 aromatic heterocycles. The summed E-state index contributed by atoms with van der Waals surface area (Å²) in [4.78, 5) is 11.1. The standard InChI is InChI=1S/C13H22O/c1-6-13(5,10-12(4)14)9-7-8-11(2)3/h6,8H,1,7,9-10H2,2-5H3. The van der Waals surface area contributed by atoms with Crippen molar-refractivity contribution >= 4 is 5.78 Å². The smallest absolute Gasteiger partial charge is 0.130 e. The molecule has 0 amide bonds. The predicted molar refractivity (Wildman–Crippen MR) is 62.3 cm³/mol. The van der Waals surface area contributed by atoms with Gasteiger partial charge in [-0.05, 0) is 39.0 Å². The molecule has 0 bridgehead atoms. The van der Waals surface area contributed by atoms with E-state index in [4.69, 9.17) is 0 Å². The second kappa shape index (κ2) is 5.79. The summed E-state index contributed by atoms with van der Waals surface area (Å²) in [6.07, 6.45) is 6.75. The zero-order valence-electron chi connectivity index (χ0n) is 9.89. The molecule has 0 aliphatic carbocycles. The van der Waals surface area contributed by atoms with Crippen molar-refractivity contribution in [3.05, 3.63) is 24.3 Å². The molecule has 1 atom stereocenters. The summed E-state index contributed by atoms with van der Waals surface area (Å²) in [5, 5.41) is 0. The maximum absolute atomic E-state index is 11.1. The normalized spacial score (nSPS) is 14.3. The lowest BCUT2D eigenvalue weighted by Crippen LogP contribution is -2.16. The van der Waals surface area contributed by atoms with Crippen LogP contribution in [0.5, 0.6) is 0 Å². The van der Waals surface area contributed by atoms with Crippen LogP contribution in [-0.2, 0) is 4.79 Å². The Morgan fingerprint density at radius 1 is 1.36 bits per heavy atom. The minimum absolute atomic E-state index is 0.0300. The number of Topliss-reactive ketones (excluding diaryl/α,β-unsaturated/α-hetero) is 1. The highest BCUT2D eigenvalue weighted by molar-refractivity contribution is 5.76. The van der Waals surface area contributed by atoms with Crippen molar-refractivity contribution in [1.82, 2.24) is 0 Å². The highest BCUT2D eigenvalue weighted by atomic mass is 16.1. The first-order chi connectivity index (χ1) is 6.39. The van der Waals surface area contributed by atoms with Gasteiger partial charge in [0.05, 0.1) is 0 Å². The van der Waals surface area contributed by atoms with Crippen LogP contribution in [0.2, 0.25) is 0 Å². The third-order valence-electron chi connectivity index (χ3n) is 2.41. The van der Waals surface area contributed by atoms with Gasteiger partial charge in [0.15, 0.2) is 0 Å². The monoisotopic (exact) mass is 194 g/mol. The molecule has 0 saturated heterocycles. The van der Waals surface area contributed by atoms with E-state index < -0.39 is 0 Å². The van der Waals surface area contributed by atoms with E-state index in [1.54, 1.807) is 6.92 Å². The van der Waals surface area contributed by atoms with Crippen LogP contribution in [-0.4, -0.2) is 5.78 Å². The van der Waals surface area contributed by atoms with E-state index >= 15 is 0 Å². The Hall–Kier alpha value is -0.850. The van der Waals surface area contributed by atoms with E-state index in [9.17, 15) is 4.79 Å². The third-order valence-corrected chi connectivity index (χ3v) is 2.41. The number of carbonyl (C=O) groups is 1. The molecule has 0 spiro atoms. The Kier molecular flexibility index (Phi) is 5.44. The maximum Gasteiger partial charge on any atom is 0.130 e. The first kappa shape index (κ1) is 13.2. The SMILES string of the molecule is C=CC(C)(CCC=C(C)C)CC(C)=O. The Bertz CT molecular complexity index is 234. The van der Waals surface area contributed by atoms with Crippen molar-refractivity contribution in [2.24, 2.45) is 5.41 Å². The zero-order valence-corrected chi connectivity index (χ0v) is 9.89.